The Morgan fingerprint density at radius 3 is 1.00 bits per heavy atom. The third-order valence-electron chi connectivity index (χ3n) is 0.0556. The molecule has 0 aromatic heterocycles. The van der Waals surface area contributed by atoms with Crippen molar-refractivity contribution in [2.24, 2.45) is 0 Å². The first-order valence-corrected chi connectivity index (χ1v) is 0.805. The number of carbonyl (C=O) groups excluding carboxylic acids is 2. The molecule has 6 heavy (non-hydrogen) atoms. The van der Waals surface area contributed by atoms with E-state index in [4.69, 9.17) is 9.59 Å². The van der Waals surface area contributed by atoms with Crippen molar-refractivity contribution in [1.82, 2.24) is 0 Å². The predicted molar refractivity (Wildman–Crippen MR) is 19.4 cm³/mol. The molecule has 4 N–H and O–H groups in total. The van der Waals surface area contributed by atoms with E-state index in [9.17, 15) is 0 Å². The van der Waals surface area contributed by atoms with Gasteiger partial charge in [0, 0.05) is 0 Å². The van der Waals surface area contributed by atoms with E-state index < -0.39 is 0 Å². The topological polar surface area (TPSA) is 97.1 Å². The SMILES string of the molecule is O.O.O=CC=O. The highest BCUT2D eigenvalue weighted by Crippen LogP contribution is 1.12. The quantitative estimate of drug-likeness (QED) is 0.270. The van der Waals surface area contributed by atoms with Crippen LogP contribution in [0.15, 0.2) is 0 Å². The fraction of sp³-hybridized carbons (Fsp3) is 0. The average molecular weight is 94.1 g/mol. The van der Waals surface area contributed by atoms with Gasteiger partial charge in [-0.25, -0.2) is 0 Å². The van der Waals surface area contributed by atoms with Gasteiger partial charge in [-0.3, -0.25) is 9.59 Å². The number of carbonyl (C=O) groups is 2. The van der Waals surface area contributed by atoms with E-state index in [2.05, 4.69) is 0 Å². The first kappa shape index (κ1) is 18.7. The van der Waals surface area contributed by atoms with E-state index >= 15 is 0 Å². The van der Waals surface area contributed by atoms with Gasteiger partial charge in [-0.15, -0.1) is 0 Å². The molecule has 0 bridgehead atoms. The molecule has 0 aliphatic heterocycles. The second-order valence-corrected chi connectivity index (χ2v) is 0.272. The van der Waals surface area contributed by atoms with Gasteiger partial charge in [0.25, 0.3) is 0 Å². The van der Waals surface area contributed by atoms with Crippen molar-refractivity contribution in [3.63, 3.8) is 0 Å². The molecule has 0 radical (unpaired) electrons. The van der Waals surface area contributed by atoms with Gasteiger partial charge < -0.3 is 11.0 Å². The van der Waals surface area contributed by atoms with Crippen molar-refractivity contribution in [2.45, 2.75) is 0 Å². The summed E-state index contributed by atoms with van der Waals surface area (Å²) in [5.41, 5.74) is 0. The van der Waals surface area contributed by atoms with Gasteiger partial charge in [0.2, 0.25) is 0 Å². The maximum atomic E-state index is 8.81. The molecule has 38 valence electrons. The first-order valence-electron chi connectivity index (χ1n) is 0.805. The summed E-state index contributed by atoms with van der Waals surface area (Å²) < 4.78 is 0. The van der Waals surface area contributed by atoms with Gasteiger partial charge in [-0.2, -0.15) is 0 Å². The number of aldehydes is 2. The summed E-state index contributed by atoms with van der Waals surface area (Å²) in [4.78, 5) is 17.6. The zero-order valence-electron chi connectivity index (χ0n) is 2.97. The molecule has 0 saturated carbocycles. The van der Waals surface area contributed by atoms with Gasteiger partial charge >= 0.3 is 0 Å². The Morgan fingerprint density at radius 1 is 0.833 bits per heavy atom. The lowest BCUT2D eigenvalue weighted by Crippen LogP contribution is -1.62. The summed E-state index contributed by atoms with van der Waals surface area (Å²) in [6.45, 7) is 0. The largest absolute Gasteiger partial charge is 0.412 e. The molecule has 4 heteroatoms. The third-order valence-corrected chi connectivity index (χ3v) is 0.0556. The van der Waals surface area contributed by atoms with Crippen LogP contribution in [0.25, 0.3) is 0 Å². The van der Waals surface area contributed by atoms with Crippen molar-refractivity contribution in [1.29, 1.82) is 0 Å². The van der Waals surface area contributed by atoms with Crippen LogP contribution in [-0.2, 0) is 9.59 Å². The fourth-order valence-electron chi connectivity index (χ4n) is 0. The number of hydrogen-bond acceptors (Lipinski definition) is 2. The molecule has 0 amide bonds. The van der Waals surface area contributed by atoms with E-state index in [-0.39, 0.29) is 23.5 Å². The first-order chi connectivity index (χ1) is 1.91. The fourth-order valence-corrected chi connectivity index (χ4v) is 0. The molecule has 0 atom stereocenters. The molecule has 0 rings (SSSR count). The lowest BCUT2D eigenvalue weighted by Gasteiger charge is -1.31. The van der Waals surface area contributed by atoms with Crippen LogP contribution >= 0.6 is 0 Å². The standard InChI is InChI=1S/C2H2O2.2H2O/c3-1-2-4;;/h1-2H;2*1H2. The van der Waals surface area contributed by atoms with Crippen LogP contribution in [0.1, 0.15) is 0 Å². The van der Waals surface area contributed by atoms with Crippen LogP contribution in [-0.4, -0.2) is 23.5 Å². The normalized spacial score (nSPS) is 3.33. The number of rotatable bonds is 1. The van der Waals surface area contributed by atoms with Gasteiger partial charge in [0.15, 0.2) is 12.6 Å². The molecule has 0 aliphatic rings. The highest BCUT2D eigenvalue weighted by molar-refractivity contribution is 6.09. The predicted octanol–water partition coefficient (Wildman–Crippen LogP) is -2.27. The molecule has 0 aliphatic carbocycles. The van der Waals surface area contributed by atoms with Crippen molar-refractivity contribution in [2.75, 3.05) is 0 Å². The minimum atomic E-state index is 0. The van der Waals surface area contributed by atoms with Crippen molar-refractivity contribution >= 4 is 12.6 Å². The third kappa shape index (κ3) is 246. The Balaban J connectivity index is -0.0000000450. The Bertz CT molecular complexity index is 26.5. The molecule has 0 aromatic carbocycles. The maximum absolute atomic E-state index is 8.81. The van der Waals surface area contributed by atoms with Crippen LogP contribution in [0.3, 0.4) is 0 Å². The maximum Gasteiger partial charge on any atom is 0.182 e. The molecule has 0 heterocycles. The zero-order valence-corrected chi connectivity index (χ0v) is 2.97. The van der Waals surface area contributed by atoms with Crippen LogP contribution in [0.2, 0.25) is 0 Å². The molecular formula is C2H6O4. The van der Waals surface area contributed by atoms with Crippen LogP contribution < -0.4 is 0 Å². The highest BCUT2D eigenvalue weighted by atomic mass is 16.2. The molecular weight excluding hydrogens is 88.0 g/mol. The second-order valence-electron chi connectivity index (χ2n) is 0.272. The van der Waals surface area contributed by atoms with Crippen molar-refractivity contribution < 1.29 is 20.5 Å². The van der Waals surface area contributed by atoms with Crippen LogP contribution in [0.4, 0.5) is 0 Å². The van der Waals surface area contributed by atoms with E-state index in [0.717, 1.165) is 0 Å². The lowest BCUT2D eigenvalue weighted by atomic mass is 10.9. The minimum absolute atomic E-state index is 0. The summed E-state index contributed by atoms with van der Waals surface area (Å²) in [7, 11) is 0. The van der Waals surface area contributed by atoms with Crippen LogP contribution in [0, 0.1) is 0 Å². The van der Waals surface area contributed by atoms with Gasteiger partial charge in [0.05, 0.1) is 0 Å². The van der Waals surface area contributed by atoms with Crippen LogP contribution in [0.5, 0.6) is 0 Å². The molecule has 0 aromatic rings. The summed E-state index contributed by atoms with van der Waals surface area (Å²) in [6, 6.07) is 0. The lowest BCUT2D eigenvalue weighted by molar-refractivity contribution is -0.122. The van der Waals surface area contributed by atoms with E-state index in [1.165, 1.54) is 0 Å². The average Bonchev–Trinajstić information content (AvgIpc) is 1.37. The van der Waals surface area contributed by atoms with E-state index in [1.807, 2.05) is 0 Å². The monoisotopic (exact) mass is 94.0 g/mol. The smallest absolute Gasteiger partial charge is 0.182 e. The van der Waals surface area contributed by atoms with Crippen molar-refractivity contribution in [3.8, 4) is 0 Å². The van der Waals surface area contributed by atoms with Gasteiger partial charge in [-0.05, 0) is 0 Å². The zero-order chi connectivity index (χ0) is 3.41. The van der Waals surface area contributed by atoms with Gasteiger partial charge in [0.1, 0.15) is 0 Å². The summed E-state index contributed by atoms with van der Waals surface area (Å²) in [5.74, 6) is 0. The highest BCUT2D eigenvalue weighted by Gasteiger charge is 1.47. The Labute approximate surface area is 34.4 Å². The summed E-state index contributed by atoms with van der Waals surface area (Å²) >= 11 is 0. The van der Waals surface area contributed by atoms with E-state index in [0.29, 0.717) is 0 Å². The Morgan fingerprint density at radius 2 is 1.00 bits per heavy atom. The molecule has 0 unspecified atom stereocenters. The molecule has 4 nitrogen and oxygen atoms in total. The van der Waals surface area contributed by atoms with E-state index in [1.54, 1.807) is 0 Å². The molecule has 0 saturated heterocycles. The Kier molecular flexibility index (Phi) is 88.8. The summed E-state index contributed by atoms with van der Waals surface area (Å²) in [5, 5.41) is 0. The van der Waals surface area contributed by atoms with Crippen molar-refractivity contribution in [3.05, 3.63) is 0 Å². The molecule has 0 fully saturated rings. The number of hydrogen-bond donors (Lipinski definition) is 0. The van der Waals surface area contributed by atoms with Gasteiger partial charge in [-0.1, -0.05) is 0 Å². The molecule has 0 spiro atoms. The Hall–Kier alpha value is -0.740. The summed E-state index contributed by atoms with van der Waals surface area (Å²) in [6.07, 6.45) is 0.389. The minimum Gasteiger partial charge on any atom is -0.412 e. The second kappa shape index (κ2) is 28.5.